The molecular weight excluding hydrogens is 486 g/mol. The van der Waals surface area contributed by atoms with Crippen molar-refractivity contribution in [3.63, 3.8) is 0 Å². The number of esters is 2. The van der Waals surface area contributed by atoms with Crippen LogP contribution in [0.2, 0.25) is 0 Å². The van der Waals surface area contributed by atoms with Crippen LogP contribution >= 0.6 is 0 Å². The second-order valence-electron chi connectivity index (χ2n) is 10.2. The van der Waals surface area contributed by atoms with Gasteiger partial charge in [0.05, 0.1) is 43.3 Å². The van der Waals surface area contributed by atoms with Gasteiger partial charge in [-0.3, -0.25) is 4.79 Å². The number of amides is 3. The Morgan fingerprint density at radius 3 is 2.37 bits per heavy atom. The Morgan fingerprint density at radius 2 is 1.66 bits per heavy atom. The molecule has 2 aromatic carbocycles. The topological polar surface area (TPSA) is 105 Å². The minimum atomic E-state index is -0.524. The van der Waals surface area contributed by atoms with E-state index in [4.69, 9.17) is 9.47 Å². The average Bonchev–Trinajstić information content (AvgIpc) is 2.95. The molecule has 0 unspecified atom stereocenters. The molecule has 3 heterocycles. The molecule has 4 atom stereocenters. The lowest BCUT2D eigenvalue weighted by Crippen LogP contribution is -2.61. The van der Waals surface area contributed by atoms with Gasteiger partial charge in [-0.25, -0.2) is 14.4 Å². The van der Waals surface area contributed by atoms with Crippen molar-refractivity contribution in [1.82, 2.24) is 15.1 Å². The predicted octanol–water partition coefficient (Wildman–Crippen LogP) is 3.64. The summed E-state index contributed by atoms with van der Waals surface area (Å²) in [5.74, 6) is -1.32. The molecule has 9 heteroatoms. The van der Waals surface area contributed by atoms with Crippen LogP contribution in [0, 0.1) is 5.92 Å². The molecule has 0 spiro atoms. The van der Waals surface area contributed by atoms with Crippen LogP contribution < -0.4 is 5.32 Å². The number of urea groups is 1. The number of ether oxygens (including phenoxy) is 2. The van der Waals surface area contributed by atoms with Crippen molar-refractivity contribution in [1.29, 1.82) is 0 Å². The largest absolute Gasteiger partial charge is 0.465 e. The van der Waals surface area contributed by atoms with Crippen LogP contribution in [0.5, 0.6) is 0 Å². The Kier molecular flexibility index (Phi) is 7.10. The van der Waals surface area contributed by atoms with Gasteiger partial charge in [0.25, 0.3) is 0 Å². The summed E-state index contributed by atoms with van der Waals surface area (Å²) in [5.41, 5.74) is 3.05. The molecule has 0 aliphatic carbocycles. The molecule has 0 aromatic heterocycles. The SMILES string of the molecule is COC(=O)c1ccc(C(=O)OC)c2c1CCN1C(=O)[C@H]3CCCN(C(=O)N[C@H](C)c4ccccc4)[C@H]3C[C@H]21. The number of methoxy groups -OCH3 is 2. The third kappa shape index (κ3) is 4.40. The van der Waals surface area contributed by atoms with Crippen LogP contribution in [0.15, 0.2) is 42.5 Å². The highest BCUT2D eigenvalue weighted by molar-refractivity contribution is 5.97. The first-order valence-corrected chi connectivity index (χ1v) is 13.1. The Hall–Kier alpha value is -3.88. The summed E-state index contributed by atoms with van der Waals surface area (Å²) in [6.07, 6.45) is 2.37. The second kappa shape index (κ2) is 10.5. The summed E-state index contributed by atoms with van der Waals surface area (Å²) in [7, 11) is 2.63. The van der Waals surface area contributed by atoms with Gasteiger partial charge in [-0.2, -0.15) is 0 Å². The molecule has 5 rings (SSSR count). The van der Waals surface area contributed by atoms with Gasteiger partial charge < -0.3 is 24.6 Å². The number of carbonyl (C=O) groups excluding carboxylic acids is 4. The number of hydrogen-bond donors (Lipinski definition) is 1. The fourth-order valence-corrected chi connectivity index (χ4v) is 6.38. The van der Waals surface area contributed by atoms with E-state index in [0.29, 0.717) is 54.6 Å². The summed E-state index contributed by atoms with van der Waals surface area (Å²) < 4.78 is 10.1. The van der Waals surface area contributed by atoms with Crippen LogP contribution in [0.25, 0.3) is 0 Å². The average molecular weight is 520 g/mol. The number of nitrogens with zero attached hydrogens (tertiary/aromatic N) is 2. The number of benzene rings is 2. The van der Waals surface area contributed by atoms with Crippen molar-refractivity contribution in [2.24, 2.45) is 5.92 Å². The van der Waals surface area contributed by atoms with E-state index in [2.05, 4.69) is 5.32 Å². The van der Waals surface area contributed by atoms with E-state index in [9.17, 15) is 19.2 Å². The monoisotopic (exact) mass is 519 g/mol. The molecule has 3 aliphatic rings. The number of likely N-dealkylation sites (tertiary alicyclic amines) is 1. The highest BCUT2D eigenvalue weighted by Crippen LogP contribution is 2.45. The molecule has 0 bridgehead atoms. The number of fused-ring (bicyclic) bond motifs is 4. The van der Waals surface area contributed by atoms with E-state index in [1.54, 1.807) is 17.0 Å². The van der Waals surface area contributed by atoms with Crippen LogP contribution in [0.4, 0.5) is 4.79 Å². The van der Waals surface area contributed by atoms with Gasteiger partial charge in [-0.15, -0.1) is 0 Å². The summed E-state index contributed by atoms with van der Waals surface area (Å²) in [6, 6.07) is 11.7. The Bertz CT molecular complexity index is 1260. The summed E-state index contributed by atoms with van der Waals surface area (Å²) in [4.78, 5) is 56.3. The molecule has 9 nitrogen and oxygen atoms in total. The zero-order chi connectivity index (χ0) is 27.0. The fraction of sp³-hybridized carbons (Fsp3) is 0.448. The summed E-state index contributed by atoms with van der Waals surface area (Å²) in [5, 5.41) is 3.10. The Balaban J connectivity index is 1.49. The normalized spacial score (nSPS) is 22.9. The summed E-state index contributed by atoms with van der Waals surface area (Å²) >= 11 is 0. The molecule has 2 fully saturated rings. The van der Waals surface area contributed by atoms with Gasteiger partial charge in [0.15, 0.2) is 0 Å². The van der Waals surface area contributed by atoms with E-state index in [-0.39, 0.29) is 29.9 Å². The van der Waals surface area contributed by atoms with Crippen LogP contribution in [-0.2, 0) is 20.7 Å². The first kappa shape index (κ1) is 25.8. The van der Waals surface area contributed by atoms with Crippen LogP contribution in [0.3, 0.4) is 0 Å². The zero-order valence-electron chi connectivity index (χ0n) is 21.9. The lowest BCUT2D eigenvalue weighted by atomic mass is 9.74. The lowest BCUT2D eigenvalue weighted by molar-refractivity contribution is -0.148. The van der Waals surface area contributed by atoms with E-state index in [0.717, 1.165) is 12.0 Å². The fourth-order valence-electron chi connectivity index (χ4n) is 6.38. The van der Waals surface area contributed by atoms with Crippen molar-refractivity contribution in [3.05, 3.63) is 70.3 Å². The molecule has 3 aliphatic heterocycles. The quantitative estimate of drug-likeness (QED) is 0.619. The minimum Gasteiger partial charge on any atom is -0.465 e. The van der Waals surface area contributed by atoms with Crippen LogP contribution in [-0.4, -0.2) is 67.0 Å². The highest BCUT2D eigenvalue weighted by Gasteiger charge is 2.50. The van der Waals surface area contributed by atoms with Crippen molar-refractivity contribution in [2.75, 3.05) is 27.3 Å². The van der Waals surface area contributed by atoms with Gasteiger partial charge >= 0.3 is 18.0 Å². The number of piperidine rings is 2. The third-order valence-corrected chi connectivity index (χ3v) is 8.22. The Labute approximate surface area is 222 Å². The maximum Gasteiger partial charge on any atom is 0.338 e. The van der Waals surface area contributed by atoms with Gasteiger partial charge in [-0.1, -0.05) is 30.3 Å². The Morgan fingerprint density at radius 1 is 0.974 bits per heavy atom. The van der Waals surface area contributed by atoms with Crippen molar-refractivity contribution < 1.29 is 28.7 Å². The molecule has 3 amide bonds. The molecular formula is C29H33N3O6. The zero-order valence-corrected chi connectivity index (χ0v) is 21.9. The lowest BCUT2D eigenvalue weighted by Gasteiger charge is -2.52. The maximum absolute atomic E-state index is 13.8. The number of nitrogens with one attached hydrogen (secondary N) is 1. The van der Waals surface area contributed by atoms with E-state index >= 15 is 0 Å². The standard InChI is InChI=1S/C29H33N3O6/c1-17(18-8-5-4-6-9-18)30-29(36)32-14-7-10-21-23(32)16-24-25-19(13-15-31(24)26(21)33)20(27(34)37-2)11-12-22(25)28(35)38-3/h4-6,8-9,11-12,17,21,23-24H,7,10,13-16H2,1-3H3,(H,30,36)/t17-,21+,23+,24-/m1/s1. The molecule has 0 saturated carbocycles. The van der Waals surface area contributed by atoms with Crippen molar-refractivity contribution in [2.45, 2.75) is 50.7 Å². The summed E-state index contributed by atoms with van der Waals surface area (Å²) in [6.45, 7) is 2.93. The molecule has 2 aromatic rings. The number of hydrogen-bond acceptors (Lipinski definition) is 6. The maximum atomic E-state index is 13.8. The van der Waals surface area contributed by atoms with Crippen LogP contribution in [0.1, 0.15) is 75.7 Å². The van der Waals surface area contributed by atoms with Gasteiger partial charge in [0.1, 0.15) is 0 Å². The predicted molar refractivity (Wildman–Crippen MR) is 139 cm³/mol. The molecule has 200 valence electrons. The smallest absolute Gasteiger partial charge is 0.338 e. The van der Waals surface area contributed by atoms with Crippen molar-refractivity contribution >= 4 is 23.9 Å². The van der Waals surface area contributed by atoms with E-state index < -0.39 is 18.0 Å². The minimum absolute atomic E-state index is 0.00945. The first-order chi connectivity index (χ1) is 18.3. The van der Waals surface area contributed by atoms with Gasteiger partial charge in [0, 0.05) is 19.1 Å². The molecule has 2 saturated heterocycles. The molecule has 38 heavy (non-hydrogen) atoms. The number of carbonyl (C=O) groups is 4. The van der Waals surface area contributed by atoms with Gasteiger partial charge in [-0.05, 0) is 61.4 Å². The van der Waals surface area contributed by atoms with Gasteiger partial charge in [0.2, 0.25) is 5.91 Å². The van der Waals surface area contributed by atoms with Crippen molar-refractivity contribution in [3.8, 4) is 0 Å². The van der Waals surface area contributed by atoms with E-state index in [1.807, 2.05) is 42.2 Å². The third-order valence-electron chi connectivity index (χ3n) is 8.22. The van der Waals surface area contributed by atoms with E-state index in [1.165, 1.54) is 14.2 Å². The molecule has 1 N–H and O–H groups in total. The number of rotatable bonds is 4. The highest BCUT2D eigenvalue weighted by atomic mass is 16.5. The second-order valence-corrected chi connectivity index (χ2v) is 10.2. The first-order valence-electron chi connectivity index (χ1n) is 13.1. The molecule has 0 radical (unpaired) electrons.